The van der Waals surface area contributed by atoms with Crippen molar-refractivity contribution in [2.45, 2.75) is 18.4 Å². The molecule has 2 aliphatic heterocycles. The SMILES string of the molecule is COc1cccc(F)c1-n1nc2c(-c3ccc(N4CCN5CC(F)(F)C[C@H]5C4)cc3)n[nH]c2cc1=O. The van der Waals surface area contributed by atoms with E-state index in [1.54, 1.807) is 6.07 Å². The van der Waals surface area contributed by atoms with Gasteiger partial charge in [-0.25, -0.2) is 13.2 Å². The van der Waals surface area contributed by atoms with Crippen LogP contribution >= 0.6 is 0 Å². The molecule has 36 heavy (non-hydrogen) atoms. The van der Waals surface area contributed by atoms with Gasteiger partial charge >= 0.3 is 0 Å². The molecule has 2 fully saturated rings. The molecule has 2 aromatic heterocycles. The van der Waals surface area contributed by atoms with Crippen LogP contribution < -0.4 is 15.2 Å². The van der Waals surface area contributed by atoms with Crippen LogP contribution in [0.1, 0.15) is 6.42 Å². The highest BCUT2D eigenvalue weighted by Gasteiger charge is 2.46. The molecule has 0 unspecified atom stereocenters. The summed E-state index contributed by atoms with van der Waals surface area (Å²) in [4.78, 5) is 16.7. The molecule has 1 atom stereocenters. The zero-order valence-electron chi connectivity index (χ0n) is 19.4. The number of alkyl halides is 2. The molecule has 0 spiro atoms. The Morgan fingerprint density at radius 1 is 1.14 bits per heavy atom. The van der Waals surface area contributed by atoms with E-state index in [9.17, 15) is 18.0 Å². The molecule has 2 aliphatic rings. The summed E-state index contributed by atoms with van der Waals surface area (Å²) >= 11 is 0. The van der Waals surface area contributed by atoms with Crippen molar-refractivity contribution in [2.24, 2.45) is 0 Å². The number of nitrogens with zero attached hydrogens (tertiary/aromatic N) is 5. The Hall–Kier alpha value is -3.86. The van der Waals surface area contributed by atoms with Gasteiger partial charge in [-0.2, -0.15) is 14.9 Å². The first-order valence-electron chi connectivity index (χ1n) is 11.6. The number of nitrogens with one attached hydrogen (secondary N) is 1. The zero-order valence-corrected chi connectivity index (χ0v) is 19.4. The molecule has 0 saturated carbocycles. The first-order valence-corrected chi connectivity index (χ1v) is 11.6. The summed E-state index contributed by atoms with van der Waals surface area (Å²) in [6.45, 7) is 1.68. The van der Waals surface area contributed by atoms with Gasteiger partial charge in [0.15, 0.2) is 5.82 Å². The van der Waals surface area contributed by atoms with E-state index in [0.29, 0.717) is 36.4 Å². The largest absolute Gasteiger partial charge is 0.494 e. The molecule has 11 heteroatoms. The van der Waals surface area contributed by atoms with Gasteiger partial charge in [-0.3, -0.25) is 14.8 Å². The maximum absolute atomic E-state index is 14.6. The summed E-state index contributed by atoms with van der Waals surface area (Å²) in [5.74, 6) is -3.08. The number of anilines is 1. The summed E-state index contributed by atoms with van der Waals surface area (Å²) in [5.41, 5.74) is 2.39. The topological polar surface area (TPSA) is 79.3 Å². The van der Waals surface area contributed by atoms with Crippen LogP contribution in [0, 0.1) is 5.82 Å². The van der Waals surface area contributed by atoms with Crippen molar-refractivity contribution in [1.29, 1.82) is 0 Å². The van der Waals surface area contributed by atoms with Gasteiger partial charge in [0.2, 0.25) is 0 Å². The number of halogens is 3. The minimum Gasteiger partial charge on any atom is -0.494 e. The Morgan fingerprint density at radius 2 is 1.94 bits per heavy atom. The fraction of sp³-hybridized carbons (Fsp3) is 0.320. The standard InChI is InChI=1S/C25H23F3N6O2/c1-36-20-4-2-3-18(26)24(20)34-21(35)11-19-23(31-34)22(30-29-19)15-5-7-16(8-6-15)32-9-10-33-14-25(27,28)12-17(33)13-32/h2-8,11,17,29H,9-10,12-14H2,1H3/t17-/m0/s1. The van der Waals surface area contributed by atoms with Crippen molar-refractivity contribution < 1.29 is 17.9 Å². The second kappa shape index (κ2) is 8.37. The molecule has 2 aromatic carbocycles. The number of aromatic amines is 1. The summed E-state index contributed by atoms with van der Waals surface area (Å²) < 4.78 is 48.5. The summed E-state index contributed by atoms with van der Waals surface area (Å²) in [6.07, 6.45) is -0.110. The normalized spacial score (nSPS) is 19.6. The Bertz CT molecular complexity index is 1500. The van der Waals surface area contributed by atoms with Gasteiger partial charge in [0, 0.05) is 49.4 Å². The monoisotopic (exact) mass is 496 g/mol. The number of aromatic nitrogens is 4. The number of ether oxygens (including phenoxy) is 1. The van der Waals surface area contributed by atoms with Gasteiger partial charge in [0.25, 0.3) is 11.5 Å². The third-order valence-corrected chi connectivity index (χ3v) is 6.90. The number of rotatable bonds is 4. The predicted octanol–water partition coefficient (Wildman–Crippen LogP) is 3.45. The highest BCUT2D eigenvalue weighted by atomic mass is 19.3. The predicted molar refractivity (Wildman–Crippen MR) is 129 cm³/mol. The van der Waals surface area contributed by atoms with Crippen LogP contribution in [0.3, 0.4) is 0 Å². The minimum atomic E-state index is -2.62. The number of fused-ring (bicyclic) bond motifs is 2. The molecule has 4 heterocycles. The molecule has 1 N–H and O–H groups in total. The molecule has 0 radical (unpaired) electrons. The van der Waals surface area contributed by atoms with Crippen LogP contribution in [0.4, 0.5) is 18.9 Å². The highest BCUT2D eigenvalue weighted by Crippen LogP contribution is 2.35. The minimum absolute atomic E-state index is 0.0777. The third-order valence-electron chi connectivity index (χ3n) is 6.90. The fourth-order valence-electron chi connectivity index (χ4n) is 5.18. The van der Waals surface area contributed by atoms with Crippen LogP contribution in [0.25, 0.3) is 28.0 Å². The van der Waals surface area contributed by atoms with Gasteiger partial charge in [-0.15, -0.1) is 0 Å². The molecule has 2 saturated heterocycles. The average Bonchev–Trinajstić information content (AvgIpc) is 3.41. The number of hydrogen-bond donors (Lipinski definition) is 1. The lowest BCUT2D eigenvalue weighted by molar-refractivity contribution is 0.0125. The third kappa shape index (κ3) is 3.79. The number of piperazine rings is 1. The summed E-state index contributed by atoms with van der Waals surface area (Å²) in [5, 5.41) is 11.6. The molecule has 186 valence electrons. The Morgan fingerprint density at radius 3 is 2.72 bits per heavy atom. The second-order valence-electron chi connectivity index (χ2n) is 9.20. The van der Waals surface area contributed by atoms with E-state index in [-0.39, 0.29) is 30.4 Å². The van der Waals surface area contributed by atoms with Crippen LogP contribution in [-0.2, 0) is 0 Å². The van der Waals surface area contributed by atoms with E-state index >= 15 is 0 Å². The van der Waals surface area contributed by atoms with E-state index in [1.165, 1.54) is 25.3 Å². The van der Waals surface area contributed by atoms with Crippen LogP contribution in [0.5, 0.6) is 5.75 Å². The number of benzene rings is 2. The number of methoxy groups -OCH3 is 1. The van der Waals surface area contributed by atoms with Crippen molar-refractivity contribution in [3.63, 3.8) is 0 Å². The van der Waals surface area contributed by atoms with Gasteiger partial charge in [-0.05, 0) is 24.3 Å². The molecule has 0 bridgehead atoms. The average molecular weight is 496 g/mol. The van der Waals surface area contributed by atoms with E-state index in [1.807, 2.05) is 29.2 Å². The second-order valence-corrected chi connectivity index (χ2v) is 9.20. The summed E-state index contributed by atoms with van der Waals surface area (Å²) in [7, 11) is 1.39. The first-order chi connectivity index (χ1) is 17.3. The van der Waals surface area contributed by atoms with Crippen molar-refractivity contribution in [1.82, 2.24) is 24.9 Å². The quantitative estimate of drug-likeness (QED) is 0.466. The maximum atomic E-state index is 14.6. The van der Waals surface area contributed by atoms with Gasteiger partial charge in [0.05, 0.1) is 19.2 Å². The number of para-hydroxylation sites is 1. The molecular formula is C25H23F3N6O2. The van der Waals surface area contributed by atoms with E-state index < -0.39 is 17.3 Å². The Kier molecular flexibility index (Phi) is 5.25. The molecule has 6 rings (SSSR count). The Balaban J connectivity index is 1.32. The van der Waals surface area contributed by atoms with Gasteiger partial charge in [-0.1, -0.05) is 18.2 Å². The van der Waals surface area contributed by atoms with Crippen LogP contribution in [0.15, 0.2) is 53.3 Å². The zero-order chi connectivity index (χ0) is 25.0. The Labute approximate surface area is 203 Å². The molecule has 0 amide bonds. The summed E-state index contributed by atoms with van der Waals surface area (Å²) in [6, 6.07) is 13.0. The first kappa shape index (κ1) is 22.6. The van der Waals surface area contributed by atoms with Gasteiger partial charge < -0.3 is 9.64 Å². The maximum Gasteiger partial charge on any atom is 0.273 e. The molecule has 4 aromatic rings. The molecule has 0 aliphatic carbocycles. The smallest absolute Gasteiger partial charge is 0.273 e. The number of H-pyrrole nitrogens is 1. The van der Waals surface area contributed by atoms with Crippen molar-refractivity contribution in [3.05, 3.63) is 64.7 Å². The van der Waals surface area contributed by atoms with E-state index in [4.69, 9.17) is 4.74 Å². The van der Waals surface area contributed by atoms with Crippen molar-refractivity contribution >= 4 is 16.7 Å². The highest BCUT2D eigenvalue weighted by molar-refractivity contribution is 5.89. The van der Waals surface area contributed by atoms with E-state index in [2.05, 4.69) is 20.2 Å². The van der Waals surface area contributed by atoms with E-state index in [0.717, 1.165) is 15.9 Å². The molecular weight excluding hydrogens is 473 g/mol. The van der Waals surface area contributed by atoms with Gasteiger partial charge in [0.1, 0.15) is 22.6 Å². The fourth-order valence-corrected chi connectivity index (χ4v) is 5.18. The van der Waals surface area contributed by atoms with Crippen LogP contribution in [0.2, 0.25) is 0 Å². The van der Waals surface area contributed by atoms with Crippen molar-refractivity contribution in [3.8, 4) is 22.7 Å². The lowest BCUT2D eigenvalue weighted by Crippen LogP contribution is -2.50. The van der Waals surface area contributed by atoms with Crippen molar-refractivity contribution in [2.75, 3.05) is 38.2 Å². The number of hydrogen-bond acceptors (Lipinski definition) is 6. The lowest BCUT2D eigenvalue weighted by atomic mass is 10.1. The molecule has 8 nitrogen and oxygen atoms in total. The van der Waals surface area contributed by atoms with Crippen LogP contribution in [-0.4, -0.2) is 70.1 Å². The lowest BCUT2D eigenvalue weighted by Gasteiger charge is -2.38.